The van der Waals surface area contributed by atoms with Crippen LogP contribution in [0.1, 0.15) is 34.1 Å². The predicted octanol–water partition coefficient (Wildman–Crippen LogP) is 2.79. The van der Waals surface area contributed by atoms with Gasteiger partial charge in [0.05, 0.1) is 0 Å². The minimum absolute atomic E-state index is 0.0284. The minimum Gasteiger partial charge on any atom is -0.374 e. The Labute approximate surface area is 104 Å². The van der Waals surface area contributed by atoms with Crippen LogP contribution in [0.2, 0.25) is 0 Å². The molecule has 0 aromatic heterocycles. The monoisotopic (exact) mass is 234 g/mol. The summed E-state index contributed by atoms with van der Waals surface area (Å²) in [4.78, 5) is 11.9. The lowest BCUT2D eigenvalue weighted by atomic mass is 10.0. The van der Waals surface area contributed by atoms with Gasteiger partial charge in [-0.25, -0.2) is 0 Å². The maximum atomic E-state index is 11.9. The van der Waals surface area contributed by atoms with Crippen molar-refractivity contribution in [2.45, 2.75) is 45.7 Å². The third kappa shape index (κ3) is 4.47. The standard InChI is InChI=1S/C14H22N2O/c1-5-14(3,4)16-13(17)11(2)15-12-9-7-6-8-10-12/h6-11,15H,5H2,1-4H3,(H,16,17). The molecule has 1 atom stereocenters. The first-order valence-corrected chi connectivity index (χ1v) is 6.08. The van der Waals surface area contributed by atoms with Crippen LogP contribution in [0.3, 0.4) is 0 Å². The highest BCUT2D eigenvalue weighted by atomic mass is 16.2. The van der Waals surface area contributed by atoms with Gasteiger partial charge in [0.25, 0.3) is 0 Å². The second kappa shape index (κ2) is 5.71. The lowest BCUT2D eigenvalue weighted by Crippen LogP contribution is -2.48. The Morgan fingerprint density at radius 3 is 2.41 bits per heavy atom. The van der Waals surface area contributed by atoms with Crippen molar-refractivity contribution in [1.82, 2.24) is 5.32 Å². The molecule has 2 N–H and O–H groups in total. The summed E-state index contributed by atoms with van der Waals surface area (Å²) in [7, 11) is 0. The molecule has 1 amide bonds. The van der Waals surface area contributed by atoms with E-state index in [1.807, 2.05) is 51.1 Å². The number of hydrogen-bond acceptors (Lipinski definition) is 2. The van der Waals surface area contributed by atoms with Crippen molar-refractivity contribution in [2.24, 2.45) is 0 Å². The number of nitrogens with one attached hydrogen (secondary N) is 2. The summed E-state index contributed by atoms with van der Waals surface area (Å²) in [5, 5.41) is 6.20. The average molecular weight is 234 g/mol. The van der Waals surface area contributed by atoms with E-state index in [1.54, 1.807) is 0 Å². The highest BCUT2D eigenvalue weighted by Crippen LogP contribution is 2.10. The van der Waals surface area contributed by atoms with Gasteiger partial charge >= 0.3 is 0 Å². The quantitative estimate of drug-likeness (QED) is 0.822. The minimum atomic E-state index is -0.233. The molecule has 94 valence electrons. The van der Waals surface area contributed by atoms with Crippen LogP contribution in [-0.4, -0.2) is 17.5 Å². The fourth-order valence-corrected chi connectivity index (χ4v) is 1.38. The van der Waals surface area contributed by atoms with E-state index < -0.39 is 0 Å². The highest BCUT2D eigenvalue weighted by molar-refractivity contribution is 5.84. The Kier molecular flexibility index (Phi) is 4.55. The van der Waals surface area contributed by atoms with Crippen molar-refractivity contribution in [2.75, 3.05) is 5.32 Å². The molecule has 0 heterocycles. The van der Waals surface area contributed by atoms with E-state index in [0.29, 0.717) is 0 Å². The molecule has 1 aromatic carbocycles. The SMILES string of the molecule is CCC(C)(C)NC(=O)C(C)Nc1ccccc1. The van der Waals surface area contributed by atoms with Crippen molar-refractivity contribution in [3.63, 3.8) is 0 Å². The van der Waals surface area contributed by atoms with E-state index in [-0.39, 0.29) is 17.5 Å². The normalized spacial score (nSPS) is 12.9. The molecule has 0 saturated heterocycles. The van der Waals surface area contributed by atoms with Gasteiger partial charge < -0.3 is 10.6 Å². The molecule has 0 bridgehead atoms. The first-order valence-electron chi connectivity index (χ1n) is 6.08. The maximum absolute atomic E-state index is 11.9. The zero-order valence-corrected chi connectivity index (χ0v) is 11.1. The van der Waals surface area contributed by atoms with E-state index in [0.717, 1.165) is 12.1 Å². The van der Waals surface area contributed by atoms with Crippen LogP contribution < -0.4 is 10.6 Å². The fourth-order valence-electron chi connectivity index (χ4n) is 1.38. The van der Waals surface area contributed by atoms with Crippen LogP contribution in [0, 0.1) is 0 Å². The molecule has 1 aromatic rings. The number of amides is 1. The van der Waals surface area contributed by atoms with Crippen LogP contribution >= 0.6 is 0 Å². The summed E-state index contributed by atoms with van der Waals surface area (Å²) in [5.41, 5.74) is 0.813. The van der Waals surface area contributed by atoms with Gasteiger partial charge in [0.15, 0.2) is 0 Å². The summed E-state index contributed by atoms with van der Waals surface area (Å²) in [6.45, 7) is 7.99. The molecule has 0 aliphatic rings. The molecule has 0 spiro atoms. The van der Waals surface area contributed by atoms with Crippen LogP contribution in [0.15, 0.2) is 30.3 Å². The van der Waals surface area contributed by atoms with Gasteiger partial charge in [0, 0.05) is 11.2 Å². The van der Waals surface area contributed by atoms with Crippen LogP contribution in [-0.2, 0) is 4.79 Å². The molecule has 0 radical (unpaired) electrons. The van der Waals surface area contributed by atoms with Crippen molar-refractivity contribution >= 4 is 11.6 Å². The number of hydrogen-bond donors (Lipinski definition) is 2. The van der Waals surface area contributed by atoms with E-state index in [4.69, 9.17) is 0 Å². The summed E-state index contributed by atoms with van der Waals surface area (Å²) < 4.78 is 0. The third-order valence-electron chi connectivity index (χ3n) is 2.90. The summed E-state index contributed by atoms with van der Waals surface area (Å²) >= 11 is 0. The van der Waals surface area contributed by atoms with Crippen molar-refractivity contribution in [3.05, 3.63) is 30.3 Å². The molecule has 0 aliphatic heterocycles. The molecular formula is C14H22N2O. The van der Waals surface area contributed by atoms with Gasteiger partial charge in [-0.15, -0.1) is 0 Å². The molecular weight excluding hydrogens is 212 g/mol. The van der Waals surface area contributed by atoms with Gasteiger partial charge in [-0.05, 0) is 39.3 Å². The van der Waals surface area contributed by atoms with Crippen molar-refractivity contribution in [1.29, 1.82) is 0 Å². The molecule has 1 unspecified atom stereocenters. The Morgan fingerprint density at radius 2 is 1.88 bits per heavy atom. The lowest BCUT2D eigenvalue weighted by Gasteiger charge is -2.27. The van der Waals surface area contributed by atoms with E-state index in [1.165, 1.54) is 0 Å². The number of anilines is 1. The Morgan fingerprint density at radius 1 is 1.29 bits per heavy atom. The lowest BCUT2D eigenvalue weighted by molar-refractivity contribution is -0.123. The Bertz CT molecular complexity index is 360. The number of carbonyl (C=O) groups is 1. The van der Waals surface area contributed by atoms with Gasteiger partial charge in [-0.1, -0.05) is 25.1 Å². The number of carbonyl (C=O) groups excluding carboxylic acids is 1. The van der Waals surface area contributed by atoms with Gasteiger partial charge in [-0.3, -0.25) is 4.79 Å². The van der Waals surface area contributed by atoms with Crippen molar-refractivity contribution in [3.8, 4) is 0 Å². The van der Waals surface area contributed by atoms with Crippen molar-refractivity contribution < 1.29 is 4.79 Å². The van der Waals surface area contributed by atoms with Crippen LogP contribution in [0.25, 0.3) is 0 Å². The van der Waals surface area contributed by atoms with E-state index in [2.05, 4.69) is 17.6 Å². The van der Waals surface area contributed by atoms with Gasteiger partial charge in [0.1, 0.15) is 6.04 Å². The molecule has 0 saturated carbocycles. The summed E-state index contributed by atoms with van der Waals surface area (Å²) in [5.74, 6) is 0.0284. The second-order valence-corrected chi connectivity index (χ2v) is 4.96. The molecule has 3 heteroatoms. The first kappa shape index (κ1) is 13.6. The fraction of sp³-hybridized carbons (Fsp3) is 0.500. The van der Waals surface area contributed by atoms with Crippen LogP contribution in [0.5, 0.6) is 0 Å². The van der Waals surface area contributed by atoms with E-state index in [9.17, 15) is 4.79 Å². The number of para-hydroxylation sites is 1. The van der Waals surface area contributed by atoms with E-state index >= 15 is 0 Å². The predicted molar refractivity (Wildman–Crippen MR) is 72.0 cm³/mol. The molecule has 0 fully saturated rings. The maximum Gasteiger partial charge on any atom is 0.242 e. The highest BCUT2D eigenvalue weighted by Gasteiger charge is 2.21. The molecule has 0 aliphatic carbocycles. The zero-order chi connectivity index (χ0) is 12.9. The van der Waals surface area contributed by atoms with Crippen LogP contribution in [0.4, 0.5) is 5.69 Å². The first-order chi connectivity index (χ1) is 7.94. The zero-order valence-electron chi connectivity index (χ0n) is 11.1. The topological polar surface area (TPSA) is 41.1 Å². The second-order valence-electron chi connectivity index (χ2n) is 4.96. The Balaban J connectivity index is 2.54. The number of rotatable bonds is 5. The number of benzene rings is 1. The molecule has 17 heavy (non-hydrogen) atoms. The van der Waals surface area contributed by atoms with Gasteiger partial charge in [0.2, 0.25) is 5.91 Å². The molecule has 1 rings (SSSR count). The summed E-state index contributed by atoms with van der Waals surface area (Å²) in [6.07, 6.45) is 0.913. The van der Waals surface area contributed by atoms with Gasteiger partial charge in [-0.2, -0.15) is 0 Å². The largest absolute Gasteiger partial charge is 0.374 e. The summed E-state index contributed by atoms with van der Waals surface area (Å²) in [6, 6.07) is 9.52. The molecule has 3 nitrogen and oxygen atoms in total. The third-order valence-corrected chi connectivity index (χ3v) is 2.90. The Hall–Kier alpha value is -1.51. The average Bonchev–Trinajstić information content (AvgIpc) is 2.30. The smallest absolute Gasteiger partial charge is 0.242 e.